The molecule has 19 heavy (non-hydrogen) atoms. The molecular weight excluding hydrogens is 240 g/mol. The van der Waals surface area contributed by atoms with E-state index >= 15 is 0 Å². The number of aryl methyl sites for hydroxylation is 2. The van der Waals surface area contributed by atoms with Crippen molar-refractivity contribution < 1.29 is 4.79 Å². The predicted octanol–water partition coefficient (Wildman–Crippen LogP) is 1.10. The van der Waals surface area contributed by atoms with E-state index in [1.165, 1.54) is 0 Å². The van der Waals surface area contributed by atoms with E-state index in [1.54, 1.807) is 4.68 Å². The SMILES string of the molecule is CCN(C(=O)Cn1nc(C)cc1C)C1CCNCC1. The largest absolute Gasteiger partial charge is 0.338 e. The molecule has 1 aliphatic heterocycles. The third-order valence-corrected chi connectivity index (χ3v) is 3.80. The number of likely N-dealkylation sites (N-methyl/N-ethyl adjacent to an activating group) is 1. The molecule has 1 aromatic rings. The lowest BCUT2D eigenvalue weighted by molar-refractivity contribution is -0.134. The number of piperidine rings is 1. The summed E-state index contributed by atoms with van der Waals surface area (Å²) in [6.07, 6.45) is 2.10. The first-order valence-electron chi connectivity index (χ1n) is 7.13. The quantitative estimate of drug-likeness (QED) is 0.886. The number of nitrogens with one attached hydrogen (secondary N) is 1. The number of hydrogen-bond acceptors (Lipinski definition) is 3. The van der Waals surface area contributed by atoms with Gasteiger partial charge in [-0.25, -0.2) is 0 Å². The summed E-state index contributed by atoms with van der Waals surface area (Å²) in [4.78, 5) is 14.5. The Bertz CT molecular complexity index is 435. The summed E-state index contributed by atoms with van der Waals surface area (Å²) < 4.78 is 1.81. The van der Waals surface area contributed by atoms with Crippen molar-refractivity contribution in [1.82, 2.24) is 20.0 Å². The van der Waals surface area contributed by atoms with E-state index in [1.807, 2.05) is 24.8 Å². The summed E-state index contributed by atoms with van der Waals surface area (Å²) in [5, 5.41) is 7.71. The average molecular weight is 264 g/mol. The number of carbonyl (C=O) groups excluding carboxylic acids is 1. The molecule has 5 nitrogen and oxygen atoms in total. The van der Waals surface area contributed by atoms with Crippen molar-refractivity contribution in [2.45, 2.75) is 46.2 Å². The molecule has 5 heteroatoms. The van der Waals surface area contributed by atoms with Gasteiger partial charge in [0.15, 0.2) is 0 Å². The number of rotatable bonds is 4. The molecule has 0 radical (unpaired) electrons. The predicted molar refractivity (Wildman–Crippen MR) is 75.0 cm³/mol. The minimum atomic E-state index is 0.181. The van der Waals surface area contributed by atoms with Gasteiger partial charge in [-0.15, -0.1) is 0 Å². The Morgan fingerprint density at radius 2 is 2.16 bits per heavy atom. The van der Waals surface area contributed by atoms with Crippen LogP contribution in [-0.4, -0.2) is 46.3 Å². The van der Waals surface area contributed by atoms with Crippen molar-refractivity contribution in [2.24, 2.45) is 0 Å². The van der Waals surface area contributed by atoms with Crippen molar-refractivity contribution in [3.05, 3.63) is 17.5 Å². The molecule has 1 fully saturated rings. The molecule has 0 unspecified atom stereocenters. The molecule has 2 rings (SSSR count). The van der Waals surface area contributed by atoms with Gasteiger partial charge in [-0.3, -0.25) is 9.48 Å². The molecule has 0 saturated carbocycles. The zero-order valence-electron chi connectivity index (χ0n) is 12.1. The van der Waals surface area contributed by atoms with Crippen LogP contribution in [0.5, 0.6) is 0 Å². The Morgan fingerprint density at radius 1 is 1.47 bits per heavy atom. The summed E-state index contributed by atoms with van der Waals surface area (Å²) in [7, 11) is 0. The molecule has 1 amide bonds. The second-order valence-corrected chi connectivity index (χ2v) is 5.25. The molecular formula is C14H24N4O. The Labute approximate surface area is 115 Å². The van der Waals surface area contributed by atoms with Crippen LogP contribution in [0.3, 0.4) is 0 Å². The van der Waals surface area contributed by atoms with Gasteiger partial charge in [-0.1, -0.05) is 0 Å². The van der Waals surface area contributed by atoms with Gasteiger partial charge < -0.3 is 10.2 Å². The average Bonchev–Trinajstić information content (AvgIpc) is 2.70. The maximum absolute atomic E-state index is 12.4. The number of aromatic nitrogens is 2. The second kappa shape index (κ2) is 6.19. The van der Waals surface area contributed by atoms with Crippen molar-refractivity contribution in [3.63, 3.8) is 0 Å². The zero-order valence-corrected chi connectivity index (χ0v) is 12.1. The molecule has 0 atom stereocenters. The van der Waals surface area contributed by atoms with Gasteiger partial charge in [0.25, 0.3) is 0 Å². The van der Waals surface area contributed by atoms with E-state index in [9.17, 15) is 4.79 Å². The van der Waals surface area contributed by atoms with Gasteiger partial charge in [-0.2, -0.15) is 5.10 Å². The fourth-order valence-electron chi connectivity index (χ4n) is 2.81. The topological polar surface area (TPSA) is 50.2 Å². The number of nitrogens with zero attached hydrogens (tertiary/aromatic N) is 3. The second-order valence-electron chi connectivity index (χ2n) is 5.25. The van der Waals surface area contributed by atoms with Crippen LogP contribution in [0, 0.1) is 13.8 Å². The summed E-state index contributed by atoms with van der Waals surface area (Å²) in [6, 6.07) is 2.39. The summed E-state index contributed by atoms with van der Waals surface area (Å²) in [5.74, 6) is 0.181. The van der Waals surface area contributed by atoms with Crippen LogP contribution in [0.2, 0.25) is 0 Å². The van der Waals surface area contributed by atoms with Gasteiger partial charge in [0, 0.05) is 18.3 Å². The minimum Gasteiger partial charge on any atom is -0.338 e. The van der Waals surface area contributed by atoms with E-state index in [4.69, 9.17) is 0 Å². The highest BCUT2D eigenvalue weighted by atomic mass is 16.2. The highest BCUT2D eigenvalue weighted by Gasteiger charge is 2.24. The highest BCUT2D eigenvalue weighted by Crippen LogP contribution is 2.13. The van der Waals surface area contributed by atoms with Gasteiger partial charge in [0.05, 0.1) is 5.69 Å². The molecule has 0 spiro atoms. The number of amides is 1. The van der Waals surface area contributed by atoms with Crippen LogP contribution in [0.4, 0.5) is 0 Å². The van der Waals surface area contributed by atoms with E-state index < -0.39 is 0 Å². The fourth-order valence-corrected chi connectivity index (χ4v) is 2.81. The maximum atomic E-state index is 12.4. The molecule has 2 heterocycles. The number of carbonyl (C=O) groups is 1. The number of hydrogen-bond donors (Lipinski definition) is 1. The first-order chi connectivity index (χ1) is 9.11. The molecule has 1 saturated heterocycles. The Hall–Kier alpha value is -1.36. The van der Waals surface area contributed by atoms with Crippen LogP contribution >= 0.6 is 0 Å². The monoisotopic (exact) mass is 264 g/mol. The maximum Gasteiger partial charge on any atom is 0.244 e. The molecule has 1 aliphatic rings. The lowest BCUT2D eigenvalue weighted by Gasteiger charge is -2.34. The van der Waals surface area contributed by atoms with Gasteiger partial charge in [0.2, 0.25) is 5.91 Å². The molecule has 1 N–H and O–H groups in total. The van der Waals surface area contributed by atoms with E-state index in [0.29, 0.717) is 12.6 Å². The molecule has 0 aliphatic carbocycles. The standard InChI is InChI=1S/C14H24N4O/c1-4-17(13-5-7-15-8-6-13)14(19)10-18-12(3)9-11(2)16-18/h9,13,15H,4-8,10H2,1-3H3. The third kappa shape index (κ3) is 3.35. The van der Waals surface area contributed by atoms with Crippen LogP contribution in [0.25, 0.3) is 0 Å². The third-order valence-electron chi connectivity index (χ3n) is 3.80. The Kier molecular flexibility index (Phi) is 4.58. The first-order valence-corrected chi connectivity index (χ1v) is 7.13. The smallest absolute Gasteiger partial charge is 0.244 e. The van der Waals surface area contributed by atoms with Gasteiger partial charge >= 0.3 is 0 Å². The van der Waals surface area contributed by atoms with Crippen LogP contribution in [0.15, 0.2) is 6.07 Å². The van der Waals surface area contributed by atoms with Crippen LogP contribution in [-0.2, 0) is 11.3 Å². The lowest BCUT2D eigenvalue weighted by Crippen LogP contribution is -2.47. The molecule has 0 aromatic carbocycles. The first kappa shape index (κ1) is 14.1. The fraction of sp³-hybridized carbons (Fsp3) is 0.714. The summed E-state index contributed by atoms with van der Waals surface area (Å²) in [5.41, 5.74) is 2.02. The van der Waals surface area contributed by atoms with E-state index in [-0.39, 0.29) is 5.91 Å². The van der Waals surface area contributed by atoms with Crippen LogP contribution in [0.1, 0.15) is 31.2 Å². The molecule has 1 aromatic heterocycles. The van der Waals surface area contributed by atoms with E-state index in [2.05, 4.69) is 17.3 Å². The van der Waals surface area contributed by atoms with Crippen molar-refractivity contribution in [2.75, 3.05) is 19.6 Å². The molecule has 106 valence electrons. The van der Waals surface area contributed by atoms with Gasteiger partial charge in [0.1, 0.15) is 6.54 Å². The minimum absolute atomic E-state index is 0.181. The summed E-state index contributed by atoms with van der Waals surface area (Å²) in [6.45, 7) is 9.16. The van der Waals surface area contributed by atoms with Crippen LogP contribution < -0.4 is 5.32 Å². The Morgan fingerprint density at radius 3 is 2.68 bits per heavy atom. The van der Waals surface area contributed by atoms with Crippen molar-refractivity contribution in [1.29, 1.82) is 0 Å². The summed E-state index contributed by atoms with van der Waals surface area (Å²) >= 11 is 0. The van der Waals surface area contributed by atoms with E-state index in [0.717, 1.165) is 43.9 Å². The normalized spacial score (nSPS) is 16.6. The van der Waals surface area contributed by atoms with Crippen molar-refractivity contribution in [3.8, 4) is 0 Å². The Balaban J connectivity index is 2.02. The van der Waals surface area contributed by atoms with Gasteiger partial charge in [-0.05, 0) is 52.8 Å². The van der Waals surface area contributed by atoms with Crippen molar-refractivity contribution >= 4 is 5.91 Å². The zero-order chi connectivity index (χ0) is 13.8. The highest BCUT2D eigenvalue weighted by molar-refractivity contribution is 5.76. The lowest BCUT2D eigenvalue weighted by atomic mass is 10.0. The molecule has 0 bridgehead atoms.